The molecule has 0 aliphatic rings. The van der Waals surface area contributed by atoms with Crippen LogP contribution in [0.25, 0.3) is 0 Å². The lowest BCUT2D eigenvalue weighted by Crippen LogP contribution is -2.23. The number of ether oxygens (including phenoxy) is 1. The summed E-state index contributed by atoms with van der Waals surface area (Å²) in [6.45, 7) is 6.14. The van der Waals surface area contributed by atoms with Gasteiger partial charge in [-0.05, 0) is 31.0 Å². The molecule has 106 valence electrons. The number of aliphatic hydroxyl groups is 1. The van der Waals surface area contributed by atoms with Crippen LogP contribution in [0.15, 0.2) is 18.2 Å². The molecule has 1 aromatic carbocycles. The Bertz CT molecular complexity index is 435. The molecule has 0 bridgehead atoms. The van der Waals surface area contributed by atoms with Gasteiger partial charge in [0, 0.05) is 5.69 Å². The van der Waals surface area contributed by atoms with E-state index >= 15 is 0 Å². The standard InChI is InChI=1S/C14H20ClNO3/c1-4-19-13-6-5-10(7-11(13)15)16-14(18)8-12(17)9(2)3/h5-7,9,12,17H,4,8H2,1-3H3,(H,16,18). The smallest absolute Gasteiger partial charge is 0.226 e. The van der Waals surface area contributed by atoms with Crippen LogP contribution in [-0.4, -0.2) is 23.7 Å². The summed E-state index contributed by atoms with van der Waals surface area (Å²) < 4.78 is 5.31. The van der Waals surface area contributed by atoms with E-state index in [0.29, 0.717) is 23.1 Å². The monoisotopic (exact) mass is 285 g/mol. The Balaban J connectivity index is 2.62. The lowest BCUT2D eigenvalue weighted by Gasteiger charge is -2.14. The van der Waals surface area contributed by atoms with Crippen LogP contribution in [0.5, 0.6) is 5.75 Å². The maximum absolute atomic E-state index is 11.7. The Labute approximate surface area is 118 Å². The molecule has 0 saturated carbocycles. The van der Waals surface area contributed by atoms with Gasteiger partial charge in [-0.15, -0.1) is 0 Å². The van der Waals surface area contributed by atoms with Crippen molar-refractivity contribution in [1.29, 1.82) is 0 Å². The van der Waals surface area contributed by atoms with E-state index in [1.165, 1.54) is 0 Å². The molecular formula is C14H20ClNO3. The van der Waals surface area contributed by atoms with Crippen LogP contribution in [0.4, 0.5) is 5.69 Å². The third kappa shape index (κ3) is 5.09. The number of hydrogen-bond acceptors (Lipinski definition) is 3. The number of anilines is 1. The highest BCUT2D eigenvalue weighted by molar-refractivity contribution is 6.32. The van der Waals surface area contributed by atoms with Gasteiger partial charge in [0.2, 0.25) is 5.91 Å². The number of halogens is 1. The number of nitrogens with one attached hydrogen (secondary N) is 1. The SMILES string of the molecule is CCOc1ccc(NC(=O)CC(O)C(C)C)cc1Cl. The van der Waals surface area contributed by atoms with Crippen molar-refractivity contribution in [2.24, 2.45) is 5.92 Å². The van der Waals surface area contributed by atoms with E-state index in [2.05, 4.69) is 5.32 Å². The minimum Gasteiger partial charge on any atom is -0.492 e. The van der Waals surface area contributed by atoms with Gasteiger partial charge in [0.25, 0.3) is 0 Å². The van der Waals surface area contributed by atoms with Crippen molar-refractivity contribution in [2.45, 2.75) is 33.3 Å². The van der Waals surface area contributed by atoms with E-state index in [9.17, 15) is 9.90 Å². The van der Waals surface area contributed by atoms with Crippen molar-refractivity contribution >= 4 is 23.2 Å². The lowest BCUT2D eigenvalue weighted by atomic mass is 10.0. The first-order valence-corrected chi connectivity index (χ1v) is 6.72. The minimum atomic E-state index is -0.641. The molecule has 1 atom stereocenters. The second kappa shape index (κ2) is 7.36. The van der Waals surface area contributed by atoms with Crippen LogP contribution < -0.4 is 10.1 Å². The molecule has 1 rings (SSSR count). The summed E-state index contributed by atoms with van der Waals surface area (Å²) in [7, 11) is 0. The number of amides is 1. The number of aliphatic hydroxyl groups excluding tert-OH is 1. The van der Waals surface area contributed by atoms with Gasteiger partial charge in [-0.3, -0.25) is 4.79 Å². The highest BCUT2D eigenvalue weighted by atomic mass is 35.5. The molecule has 1 unspecified atom stereocenters. The summed E-state index contributed by atoms with van der Waals surface area (Å²) in [5.41, 5.74) is 0.592. The van der Waals surface area contributed by atoms with Crippen LogP contribution >= 0.6 is 11.6 Å². The molecule has 5 heteroatoms. The topological polar surface area (TPSA) is 58.6 Å². The number of benzene rings is 1. The van der Waals surface area contributed by atoms with Gasteiger partial charge in [-0.2, -0.15) is 0 Å². The molecule has 0 spiro atoms. The van der Waals surface area contributed by atoms with Gasteiger partial charge >= 0.3 is 0 Å². The molecule has 0 aliphatic heterocycles. The van der Waals surface area contributed by atoms with Crippen molar-refractivity contribution in [3.8, 4) is 5.75 Å². The van der Waals surface area contributed by atoms with E-state index < -0.39 is 6.10 Å². The van der Waals surface area contributed by atoms with Gasteiger partial charge in [0.1, 0.15) is 5.75 Å². The molecule has 0 aliphatic carbocycles. The van der Waals surface area contributed by atoms with Gasteiger partial charge in [0.05, 0.1) is 24.2 Å². The van der Waals surface area contributed by atoms with Crippen LogP contribution in [0.1, 0.15) is 27.2 Å². The second-order valence-electron chi connectivity index (χ2n) is 4.64. The Hall–Kier alpha value is -1.26. The van der Waals surface area contributed by atoms with Gasteiger partial charge in [-0.25, -0.2) is 0 Å². The van der Waals surface area contributed by atoms with E-state index in [1.807, 2.05) is 20.8 Å². The van der Waals surface area contributed by atoms with Crippen molar-refractivity contribution in [1.82, 2.24) is 0 Å². The molecule has 0 aromatic heterocycles. The van der Waals surface area contributed by atoms with E-state index in [0.717, 1.165) is 0 Å². The molecule has 4 nitrogen and oxygen atoms in total. The van der Waals surface area contributed by atoms with Crippen LogP contribution in [0.2, 0.25) is 5.02 Å². The second-order valence-corrected chi connectivity index (χ2v) is 5.05. The highest BCUT2D eigenvalue weighted by Gasteiger charge is 2.14. The summed E-state index contributed by atoms with van der Waals surface area (Å²) in [4.78, 5) is 11.7. The average Bonchev–Trinajstić information content (AvgIpc) is 2.32. The van der Waals surface area contributed by atoms with E-state index in [-0.39, 0.29) is 18.2 Å². The summed E-state index contributed by atoms with van der Waals surface area (Å²) in [6, 6.07) is 5.06. The summed E-state index contributed by atoms with van der Waals surface area (Å²) >= 11 is 6.02. The van der Waals surface area contributed by atoms with Gasteiger partial charge in [-0.1, -0.05) is 25.4 Å². The summed E-state index contributed by atoms with van der Waals surface area (Å²) in [5, 5.41) is 12.8. The zero-order chi connectivity index (χ0) is 14.4. The predicted molar refractivity (Wildman–Crippen MR) is 76.7 cm³/mol. The fraction of sp³-hybridized carbons (Fsp3) is 0.500. The number of rotatable bonds is 6. The molecule has 0 heterocycles. The van der Waals surface area contributed by atoms with Crippen LogP contribution in [-0.2, 0) is 4.79 Å². The Kier molecular flexibility index (Phi) is 6.12. The Morgan fingerprint density at radius 3 is 2.68 bits per heavy atom. The van der Waals surface area contributed by atoms with Gasteiger partial charge in [0.15, 0.2) is 0 Å². The van der Waals surface area contributed by atoms with E-state index in [1.54, 1.807) is 18.2 Å². The minimum absolute atomic E-state index is 0.0506. The zero-order valence-electron chi connectivity index (χ0n) is 11.4. The van der Waals surface area contributed by atoms with Crippen LogP contribution in [0, 0.1) is 5.92 Å². The van der Waals surface area contributed by atoms with Crippen molar-refractivity contribution in [3.05, 3.63) is 23.2 Å². The predicted octanol–water partition coefficient (Wildman–Crippen LogP) is 3.08. The quantitative estimate of drug-likeness (QED) is 0.844. The summed E-state index contributed by atoms with van der Waals surface area (Å²) in [6.07, 6.45) is -0.569. The highest BCUT2D eigenvalue weighted by Crippen LogP contribution is 2.27. The number of hydrogen-bond donors (Lipinski definition) is 2. The maximum atomic E-state index is 11.7. The molecule has 0 saturated heterocycles. The maximum Gasteiger partial charge on any atom is 0.226 e. The summed E-state index contributed by atoms with van der Waals surface area (Å²) in [5.74, 6) is 0.403. The van der Waals surface area contributed by atoms with E-state index in [4.69, 9.17) is 16.3 Å². The van der Waals surface area contributed by atoms with Crippen molar-refractivity contribution in [2.75, 3.05) is 11.9 Å². The van der Waals surface area contributed by atoms with Crippen LogP contribution in [0.3, 0.4) is 0 Å². The molecule has 0 radical (unpaired) electrons. The Morgan fingerprint density at radius 1 is 1.47 bits per heavy atom. The molecule has 1 amide bonds. The Morgan fingerprint density at radius 2 is 2.16 bits per heavy atom. The zero-order valence-corrected chi connectivity index (χ0v) is 12.2. The number of carbonyl (C=O) groups excluding carboxylic acids is 1. The lowest BCUT2D eigenvalue weighted by molar-refractivity contribution is -0.118. The number of carbonyl (C=O) groups is 1. The first kappa shape index (κ1) is 15.8. The fourth-order valence-electron chi connectivity index (χ4n) is 1.49. The molecule has 19 heavy (non-hydrogen) atoms. The first-order chi connectivity index (χ1) is 8.93. The molecular weight excluding hydrogens is 266 g/mol. The van der Waals surface area contributed by atoms with Crippen molar-refractivity contribution in [3.63, 3.8) is 0 Å². The normalized spacial score (nSPS) is 12.3. The fourth-order valence-corrected chi connectivity index (χ4v) is 1.72. The molecule has 1 aromatic rings. The largest absolute Gasteiger partial charge is 0.492 e. The third-order valence-corrected chi connectivity index (χ3v) is 2.97. The molecule has 2 N–H and O–H groups in total. The third-order valence-electron chi connectivity index (χ3n) is 2.68. The average molecular weight is 286 g/mol. The van der Waals surface area contributed by atoms with Crippen molar-refractivity contribution < 1.29 is 14.6 Å². The first-order valence-electron chi connectivity index (χ1n) is 6.34. The van der Waals surface area contributed by atoms with Gasteiger partial charge < -0.3 is 15.2 Å². The molecule has 0 fully saturated rings.